The quantitative estimate of drug-likeness (QED) is 0.430. The monoisotopic (exact) mass is 288 g/mol. The average Bonchev–Trinajstić information content (AvgIpc) is 2.40. The highest BCUT2D eigenvalue weighted by Crippen LogP contribution is 2.16. The molecule has 0 aliphatic carbocycles. The summed E-state index contributed by atoms with van der Waals surface area (Å²) in [6.45, 7) is 6.52. The molecule has 120 valence electrons. The summed E-state index contributed by atoms with van der Waals surface area (Å²) in [6.07, 6.45) is 8.40. The molecule has 0 aromatic heterocycles. The molecule has 0 bridgehead atoms. The lowest BCUT2D eigenvalue weighted by Gasteiger charge is -2.11. The van der Waals surface area contributed by atoms with Crippen LogP contribution in [0.25, 0.3) is 0 Å². The van der Waals surface area contributed by atoms with Crippen molar-refractivity contribution in [2.45, 2.75) is 78.2 Å². The van der Waals surface area contributed by atoms with Crippen LogP contribution in [0.1, 0.15) is 72.1 Å². The molecule has 0 heterocycles. The highest BCUT2D eigenvalue weighted by Gasteiger charge is 2.06. The minimum atomic E-state index is -0.682. The number of aliphatic hydroxyl groups excluding tert-OH is 1. The number of carbonyl (C=O) groups is 1. The van der Waals surface area contributed by atoms with Gasteiger partial charge in [-0.3, -0.25) is 0 Å². The third-order valence-corrected chi connectivity index (χ3v) is 3.30. The normalized spacial score (nSPS) is 13.8. The van der Waals surface area contributed by atoms with Crippen molar-refractivity contribution >= 4 is 6.16 Å². The maximum atomic E-state index is 11.1. The molecular formula is C16H32O4. The molecule has 0 radical (unpaired) electrons. The van der Waals surface area contributed by atoms with Crippen LogP contribution < -0.4 is 0 Å². The number of carbonyl (C=O) groups excluding carboxylic acids is 1. The van der Waals surface area contributed by atoms with Gasteiger partial charge < -0.3 is 14.6 Å². The van der Waals surface area contributed by atoms with E-state index in [4.69, 9.17) is 14.6 Å². The summed E-state index contributed by atoms with van der Waals surface area (Å²) in [5, 5.41) is 8.94. The van der Waals surface area contributed by atoms with Crippen LogP contribution >= 0.6 is 0 Å². The van der Waals surface area contributed by atoms with E-state index in [0.29, 0.717) is 6.61 Å². The van der Waals surface area contributed by atoms with Gasteiger partial charge in [0.15, 0.2) is 0 Å². The lowest BCUT2D eigenvalue weighted by atomic mass is 9.97. The van der Waals surface area contributed by atoms with Crippen molar-refractivity contribution in [2.75, 3.05) is 13.2 Å². The van der Waals surface area contributed by atoms with Gasteiger partial charge >= 0.3 is 6.16 Å². The van der Waals surface area contributed by atoms with E-state index in [-0.39, 0.29) is 6.61 Å². The molecule has 4 heteroatoms. The summed E-state index contributed by atoms with van der Waals surface area (Å²) in [5.74, 6) is 0.804. The van der Waals surface area contributed by atoms with Crippen molar-refractivity contribution in [3.63, 3.8) is 0 Å². The van der Waals surface area contributed by atoms with Gasteiger partial charge in [0.25, 0.3) is 0 Å². The molecule has 0 aromatic carbocycles. The SMILES string of the molecule is CCCCCC(C)CCCCCOC(=O)OCC(C)O. The molecule has 0 rings (SSSR count). The molecule has 1 N–H and O–H groups in total. The van der Waals surface area contributed by atoms with Crippen LogP contribution in [-0.4, -0.2) is 30.6 Å². The predicted molar refractivity (Wildman–Crippen MR) is 80.8 cm³/mol. The van der Waals surface area contributed by atoms with Gasteiger partial charge in [-0.05, 0) is 19.3 Å². The second kappa shape index (κ2) is 13.2. The third-order valence-electron chi connectivity index (χ3n) is 3.30. The fourth-order valence-electron chi connectivity index (χ4n) is 2.04. The fourth-order valence-corrected chi connectivity index (χ4v) is 2.04. The van der Waals surface area contributed by atoms with Crippen LogP contribution in [-0.2, 0) is 9.47 Å². The molecule has 0 aliphatic rings. The lowest BCUT2D eigenvalue weighted by Crippen LogP contribution is -2.16. The van der Waals surface area contributed by atoms with E-state index in [1.807, 2.05) is 0 Å². The highest BCUT2D eigenvalue weighted by molar-refractivity contribution is 5.59. The molecule has 0 saturated heterocycles. The summed E-state index contributed by atoms with van der Waals surface area (Å²) in [7, 11) is 0. The van der Waals surface area contributed by atoms with Gasteiger partial charge in [0.2, 0.25) is 0 Å². The molecule has 0 saturated carbocycles. The van der Waals surface area contributed by atoms with Crippen LogP contribution in [0.15, 0.2) is 0 Å². The molecular weight excluding hydrogens is 256 g/mol. The zero-order valence-electron chi connectivity index (χ0n) is 13.4. The van der Waals surface area contributed by atoms with E-state index in [1.54, 1.807) is 6.92 Å². The number of hydrogen-bond acceptors (Lipinski definition) is 4. The van der Waals surface area contributed by atoms with Crippen LogP contribution in [0, 0.1) is 5.92 Å². The molecule has 0 amide bonds. The summed E-state index contributed by atoms with van der Waals surface area (Å²) in [6, 6.07) is 0. The Morgan fingerprint density at radius 1 is 1.00 bits per heavy atom. The minimum absolute atomic E-state index is 0.00585. The van der Waals surface area contributed by atoms with E-state index in [1.165, 1.54) is 38.5 Å². The van der Waals surface area contributed by atoms with Crippen LogP contribution in [0.3, 0.4) is 0 Å². The molecule has 0 aliphatic heterocycles. The molecule has 2 atom stereocenters. The maximum Gasteiger partial charge on any atom is 0.508 e. The third kappa shape index (κ3) is 13.7. The molecule has 0 fully saturated rings. The fraction of sp³-hybridized carbons (Fsp3) is 0.938. The highest BCUT2D eigenvalue weighted by atomic mass is 16.7. The van der Waals surface area contributed by atoms with Gasteiger partial charge in [0.1, 0.15) is 6.61 Å². The molecule has 2 unspecified atom stereocenters. The Labute approximate surface area is 123 Å². The lowest BCUT2D eigenvalue weighted by molar-refractivity contribution is 0.0231. The van der Waals surface area contributed by atoms with E-state index in [2.05, 4.69) is 13.8 Å². The Hall–Kier alpha value is -0.770. The Morgan fingerprint density at radius 3 is 2.25 bits per heavy atom. The molecule has 0 aromatic rings. The van der Waals surface area contributed by atoms with Crippen molar-refractivity contribution in [1.82, 2.24) is 0 Å². The summed E-state index contributed by atoms with van der Waals surface area (Å²) in [5.41, 5.74) is 0. The first kappa shape index (κ1) is 19.2. The van der Waals surface area contributed by atoms with Crippen LogP contribution in [0.2, 0.25) is 0 Å². The van der Waals surface area contributed by atoms with Crippen LogP contribution in [0.5, 0.6) is 0 Å². The smallest absolute Gasteiger partial charge is 0.434 e. The van der Waals surface area contributed by atoms with Gasteiger partial charge in [-0.2, -0.15) is 0 Å². The first-order chi connectivity index (χ1) is 9.56. The Balaban J connectivity index is 3.29. The zero-order valence-corrected chi connectivity index (χ0v) is 13.4. The van der Waals surface area contributed by atoms with Crippen molar-refractivity contribution in [1.29, 1.82) is 0 Å². The molecule has 4 nitrogen and oxygen atoms in total. The van der Waals surface area contributed by atoms with Gasteiger partial charge in [-0.25, -0.2) is 4.79 Å². The number of rotatable bonds is 12. The maximum absolute atomic E-state index is 11.1. The second-order valence-corrected chi connectivity index (χ2v) is 5.71. The first-order valence-electron chi connectivity index (χ1n) is 8.03. The predicted octanol–water partition coefficient (Wildman–Crippen LogP) is 4.30. The van der Waals surface area contributed by atoms with Crippen molar-refractivity contribution in [2.24, 2.45) is 5.92 Å². The first-order valence-corrected chi connectivity index (χ1v) is 8.03. The standard InChI is InChI=1S/C16H32O4/c1-4-5-7-10-14(2)11-8-6-9-12-19-16(18)20-13-15(3)17/h14-15,17H,4-13H2,1-3H3. The number of aliphatic hydroxyl groups is 1. The van der Waals surface area contributed by atoms with Gasteiger partial charge in [0.05, 0.1) is 12.7 Å². The summed E-state index contributed by atoms with van der Waals surface area (Å²) in [4.78, 5) is 11.1. The van der Waals surface area contributed by atoms with Gasteiger partial charge in [-0.15, -0.1) is 0 Å². The Morgan fingerprint density at radius 2 is 1.65 bits per heavy atom. The van der Waals surface area contributed by atoms with E-state index < -0.39 is 12.3 Å². The topological polar surface area (TPSA) is 55.8 Å². The Kier molecular flexibility index (Phi) is 12.7. The van der Waals surface area contributed by atoms with Gasteiger partial charge in [-0.1, -0.05) is 58.8 Å². The van der Waals surface area contributed by atoms with E-state index in [9.17, 15) is 4.79 Å². The largest absolute Gasteiger partial charge is 0.508 e. The Bertz CT molecular complexity index is 229. The number of ether oxygens (including phenoxy) is 2. The summed E-state index contributed by atoms with van der Waals surface area (Å²) >= 11 is 0. The molecule has 0 spiro atoms. The minimum Gasteiger partial charge on any atom is -0.434 e. The number of unbranched alkanes of at least 4 members (excludes halogenated alkanes) is 4. The van der Waals surface area contributed by atoms with Crippen LogP contribution in [0.4, 0.5) is 4.79 Å². The van der Waals surface area contributed by atoms with Crippen molar-refractivity contribution in [3.8, 4) is 0 Å². The van der Waals surface area contributed by atoms with Gasteiger partial charge in [0, 0.05) is 0 Å². The number of hydrogen-bond donors (Lipinski definition) is 1. The molecule has 20 heavy (non-hydrogen) atoms. The average molecular weight is 288 g/mol. The van der Waals surface area contributed by atoms with E-state index in [0.717, 1.165) is 18.8 Å². The van der Waals surface area contributed by atoms with Crippen molar-refractivity contribution in [3.05, 3.63) is 0 Å². The van der Waals surface area contributed by atoms with E-state index >= 15 is 0 Å². The summed E-state index contributed by atoms with van der Waals surface area (Å²) < 4.78 is 9.60. The zero-order chi connectivity index (χ0) is 15.2. The second-order valence-electron chi connectivity index (χ2n) is 5.71. The van der Waals surface area contributed by atoms with Crippen molar-refractivity contribution < 1.29 is 19.4 Å².